The van der Waals surface area contributed by atoms with Crippen LogP contribution < -0.4 is 0 Å². The summed E-state index contributed by atoms with van der Waals surface area (Å²) in [6.45, 7) is 0. The highest BCUT2D eigenvalue weighted by molar-refractivity contribution is 7.91. The lowest BCUT2D eigenvalue weighted by Gasteiger charge is -2.14. The van der Waals surface area contributed by atoms with Crippen molar-refractivity contribution in [3.05, 3.63) is 59.7 Å². The summed E-state index contributed by atoms with van der Waals surface area (Å²) in [5.74, 6) is -2.30. The van der Waals surface area contributed by atoms with Gasteiger partial charge in [-0.1, -0.05) is 0 Å². The summed E-state index contributed by atoms with van der Waals surface area (Å²) in [6.07, 6.45) is 0. The van der Waals surface area contributed by atoms with E-state index in [0.29, 0.717) is 0 Å². The largest absolute Gasteiger partial charge is 0.478 e. The number of carbonyl (C=O) groups is 2. The predicted molar refractivity (Wildman–Crippen MR) is 120 cm³/mol. The number of hydrogen-bond donors (Lipinski definition) is 2. The highest BCUT2D eigenvalue weighted by Gasteiger charge is 2.18. The minimum Gasteiger partial charge on any atom is -0.478 e. The van der Waals surface area contributed by atoms with Crippen molar-refractivity contribution in [3.8, 4) is 0 Å². The second-order valence-electron chi connectivity index (χ2n) is 9.53. The van der Waals surface area contributed by atoms with Crippen LogP contribution in [0.15, 0.2) is 58.3 Å². The Morgan fingerprint density at radius 1 is 0.581 bits per heavy atom. The Morgan fingerprint density at radius 3 is 0.935 bits per heavy atom. The van der Waals surface area contributed by atoms with Gasteiger partial charge >= 0.3 is 11.9 Å². The molecule has 0 bridgehead atoms. The van der Waals surface area contributed by atoms with Gasteiger partial charge in [0.15, 0.2) is 0 Å². The molecule has 2 rings (SSSR count). The molecule has 0 unspecified atom stereocenters. The van der Waals surface area contributed by atoms with E-state index in [1.54, 1.807) is 0 Å². The number of hydrogen-bond acceptors (Lipinski definition) is 4. The SMILES string of the molecule is C[N+](C)(C)C.C[N+](C)(C)C.O=C(O)c1ccc(S(=O)(=O)c2ccc(C(=O)O)cc2)cc1. The van der Waals surface area contributed by atoms with Gasteiger partial charge in [-0.15, -0.1) is 0 Å². The summed E-state index contributed by atoms with van der Waals surface area (Å²) in [4.78, 5) is 21.3. The van der Waals surface area contributed by atoms with Crippen LogP contribution in [0, 0.1) is 0 Å². The Balaban J connectivity index is 0.000000752. The van der Waals surface area contributed by atoms with E-state index in [0.717, 1.165) is 8.97 Å². The number of carboxylic acid groups (broad SMARTS) is 2. The second-order valence-corrected chi connectivity index (χ2v) is 11.5. The van der Waals surface area contributed by atoms with Gasteiger partial charge in [0.1, 0.15) is 0 Å². The van der Waals surface area contributed by atoms with Gasteiger partial charge in [0.25, 0.3) is 0 Å². The summed E-state index contributed by atoms with van der Waals surface area (Å²) in [5.41, 5.74) is -0.0367. The lowest BCUT2D eigenvalue weighted by atomic mass is 10.2. The molecule has 8 nitrogen and oxygen atoms in total. The molecule has 0 saturated carbocycles. The molecule has 0 aliphatic rings. The van der Waals surface area contributed by atoms with Crippen molar-refractivity contribution in [2.45, 2.75) is 9.79 Å². The van der Waals surface area contributed by atoms with E-state index >= 15 is 0 Å². The molecule has 0 heterocycles. The van der Waals surface area contributed by atoms with Crippen molar-refractivity contribution in [2.75, 3.05) is 56.4 Å². The van der Waals surface area contributed by atoms with Crippen LogP contribution in [-0.2, 0) is 9.84 Å². The number of rotatable bonds is 4. The highest BCUT2D eigenvalue weighted by atomic mass is 32.2. The van der Waals surface area contributed by atoms with Crippen LogP contribution in [0.25, 0.3) is 0 Å². The van der Waals surface area contributed by atoms with Crippen LogP contribution in [0.3, 0.4) is 0 Å². The third kappa shape index (κ3) is 12.5. The Kier molecular flexibility index (Phi) is 10.1. The molecule has 0 amide bonds. The first kappa shape index (κ1) is 28.2. The minimum atomic E-state index is -3.81. The van der Waals surface area contributed by atoms with Crippen LogP contribution >= 0.6 is 0 Å². The summed E-state index contributed by atoms with van der Waals surface area (Å²) in [6, 6.07) is 9.57. The standard InChI is InChI=1S/C14H10O6S.2C4H12N/c15-13(16)9-1-5-11(6-2-9)21(19,20)12-7-3-10(4-8-12)14(17)18;2*1-5(2,3)4/h1-8H,(H,15,16)(H,17,18);2*1-4H3/q;2*+1. The van der Waals surface area contributed by atoms with Crippen LogP contribution in [0.5, 0.6) is 0 Å². The number of carboxylic acids is 2. The molecule has 0 aromatic heterocycles. The Bertz CT molecular complexity index is 881. The van der Waals surface area contributed by atoms with Gasteiger partial charge < -0.3 is 19.2 Å². The zero-order valence-electron chi connectivity index (χ0n) is 19.4. The first-order chi connectivity index (χ1) is 13.8. The van der Waals surface area contributed by atoms with Crippen molar-refractivity contribution in [2.24, 2.45) is 0 Å². The average Bonchev–Trinajstić information content (AvgIpc) is 2.59. The molecular formula is C22H34N2O6S+2. The van der Waals surface area contributed by atoms with Gasteiger partial charge in [0.05, 0.1) is 77.3 Å². The number of benzene rings is 2. The quantitative estimate of drug-likeness (QED) is 0.688. The molecule has 9 heteroatoms. The van der Waals surface area contributed by atoms with Crippen molar-refractivity contribution < 1.29 is 37.2 Å². The van der Waals surface area contributed by atoms with Crippen molar-refractivity contribution in [3.63, 3.8) is 0 Å². The summed E-state index contributed by atoms with van der Waals surface area (Å²) >= 11 is 0. The topological polar surface area (TPSA) is 109 Å². The molecule has 0 aliphatic carbocycles. The third-order valence-corrected chi connectivity index (χ3v) is 4.61. The molecule has 2 aromatic rings. The molecule has 0 radical (unpaired) electrons. The lowest BCUT2D eigenvalue weighted by molar-refractivity contribution is -0.849. The smallest absolute Gasteiger partial charge is 0.335 e. The molecule has 172 valence electrons. The number of nitrogens with zero attached hydrogens (tertiary/aromatic N) is 2. The summed E-state index contributed by atoms with van der Waals surface area (Å²) in [7, 11) is 13.2. The zero-order valence-corrected chi connectivity index (χ0v) is 20.3. The van der Waals surface area contributed by atoms with Gasteiger partial charge in [-0.25, -0.2) is 18.0 Å². The van der Waals surface area contributed by atoms with Crippen LogP contribution in [-0.4, -0.2) is 95.9 Å². The molecular weight excluding hydrogens is 420 g/mol. The third-order valence-electron chi connectivity index (χ3n) is 2.82. The average molecular weight is 455 g/mol. The van der Waals surface area contributed by atoms with Gasteiger partial charge in [0.2, 0.25) is 9.84 Å². The van der Waals surface area contributed by atoms with Crippen LogP contribution in [0.1, 0.15) is 20.7 Å². The summed E-state index contributed by atoms with van der Waals surface area (Å²) in [5, 5.41) is 17.5. The van der Waals surface area contributed by atoms with E-state index in [1.807, 2.05) is 0 Å². The highest BCUT2D eigenvalue weighted by Crippen LogP contribution is 2.21. The van der Waals surface area contributed by atoms with Crippen molar-refractivity contribution in [1.29, 1.82) is 0 Å². The first-order valence-electron chi connectivity index (χ1n) is 9.32. The first-order valence-corrected chi connectivity index (χ1v) is 10.8. The van der Waals surface area contributed by atoms with Gasteiger partial charge in [0, 0.05) is 0 Å². The monoisotopic (exact) mass is 454 g/mol. The normalized spacial score (nSPS) is 11.4. The molecule has 0 spiro atoms. The van der Waals surface area contributed by atoms with E-state index in [1.165, 1.54) is 48.5 Å². The Hall–Kier alpha value is -2.75. The van der Waals surface area contributed by atoms with Crippen LogP contribution in [0.2, 0.25) is 0 Å². The minimum absolute atomic E-state index is 0.0184. The molecule has 0 saturated heterocycles. The Morgan fingerprint density at radius 2 is 0.774 bits per heavy atom. The van der Waals surface area contributed by atoms with E-state index in [9.17, 15) is 18.0 Å². The van der Waals surface area contributed by atoms with Crippen molar-refractivity contribution in [1.82, 2.24) is 0 Å². The number of aromatic carboxylic acids is 2. The Labute approximate surface area is 185 Å². The maximum atomic E-state index is 12.3. The zero-order chi connectivity index (χ0) is 24.6. The van der Waals surface area contributed by atoms with E-state index in [2.05, 4.69) is 56.4 Å². The lowest BCUT2D eigenvalue weighted by Crippen LogP contribution is -2.27. The number of sulfone groups is 1. The maximum absolute atomic E-state index is 12.3. The van der Waals surface area contributed by atoms with Gasteiger partial charge in [-0.2, -0.15) is 0 Å². The van der Waals surface area contributed by atoms with E-state index < -0.39 is 21.8 Å². The predicted octanol–water partition coefficient (Wildman–Crippen LogP) is 2.56. The molecule has 0 fully saturated rings. The van der Waals surface area contributed by atoms with Crippen molar-refractivity contribution >= 4 is 21.8 Å². The number of quaternary nitrogens is 2. The molecule has 2 aromatic carbocycles. The molecule has 31 heavy (non-hydrogen) atoms. The molecule has 0 aliphatic heterocycles. The maximum Gasteiger partial charge on any atom is 0.335 e. The fraction of sp³-hybridized carbons (Fsp3) is 0.364. The molecule has 2 N–H and O–H groups in total. The van der Waals surface area contributed by atoms with Gasteiger partial charge in [-0.3, -0.25) is 0 Å². The fourth-order valence-electron chi connectivity index (χ4n) is 1.69. The van der Waals surface area contributed by atoms with E-state index in [4.69, 9.17) is 10.2 Å². The van der Waals surface area contributed by atoms with Crippen LogP contribution in [0.4, 0.5) is 0 Å². The molecule has 0 atom stereocenters. The second kappa shape index (κ2) is 11.0. The fourth-order valence-corrected chi connectivity index (χ4v) is 2.95. The van der Waals surface area contributed by atoms with E-state index in [-0.39, 0.29) is 20.9 Å². The summed E-state index contributed by atoms with van der Waals surface area (Å²) < 4.78 is 26.6. The van der Waals surface area contributed by atoms with Gasteiger partial charge in [-0.05, 0) is 48.5 Å².